The molecule has 0 aliphatic carbocycles. The van der Waals surface area contributed by atoms with E-state index in [1.165, 1.54) is 0 Å². The molecule has 0 fully saturated rings. The average Bonchev–Trinajstić information content (AvgIpc) is 3.07. The van der Waals surface area contributed by atoms with Crippen LogP contribution < -0.4 is 5.32 Å². The summed E-state index contributed by atoms with van der Waals surface area (Å²) in [5.74, 6) is 1.35. The van der Waals surface area contributed by atoms with E-state index in [1.807, 2.05) is 53.9 Å². The minimum atomic E-state index is -0.223. The van der Waals surface area contributed by atoms with Gasteiger partial charge in [0.05, 0.1) is 6.34 Å². The van der Waals surface area contributed by atoms with Gasteiger partial charge in [0.15, 0.2) is 11.5 Å². The maximum atomic E-state index is 12.5. The first-order chi connectivity index (χ1) is 10.6. The molecule has 3 rings (SSSR count). The number of aromatic nitrogens is 2. The highest BCUT2D eigenvalue weighted by Crippen LogP contribution is 2.27. The fourth-order valence-electron chi connectivity index (χ4n) is 2.48. The third-order valence-electron chi connectivity index (χ3n) is 3.46. The van der Waals surface area contributed by atoms with Crippen LogP contribution in [0.1, 0.15) is 22.7 Å². The Balaban J connectivity index is 1.91. The van der Waals surface area contributed by atoms with E-state index in [0.717, 1.165) is 30.9 Å². The van der Waals surface area contributed by atoms with Crippen LogP contribution in [0, 0.1) is 0 Å². The van der Waals surface area contributed by atoms with Gasteiger partial charge in [-0.05, 0) is 18.6 Å². The number of imidazole rings is 1. The predicted octanol–water partition coefficient (Wildman–Crippen LogP) is 2.30. The summed E-state index contributed by atoms with van der Waals surface area (Å²) in [6.07, 6.45) is 3.64. The van der Waals surface area contributed by atoms with Crippen molar-refractivity contribution in [2.45, 2.75) is 19.4 Å². The van der Waals surface area contributed by atoms with Crippen molar-refractivity contribution in [2.75, 3.05) is 19.4 Å². The van der Waals surface area contributed by atoms with Crippen molar-refractivity contribution >= 4 is 23.8 Å². The Bertz CT molecular complexity index is 703. The quantitative estimate of drug-likeness (QED) is 0.696. The van der Waals surface area contributed by atoms with Crippen molar-refractivity contribution in [3.8, 4) is 0 Å². The number of carbonyl (C=O) groups is 1. The van der Waals surface area contributed by atoms with E-state index in [2.05, 4.69) is 15.3 Å². The van der Waals surface area contributed by atoms with Gasteiger partial charge in [-0.3, -0.25) is 4.79 Å². The average molecular weight is 297 g/mol. The van der Waals surface area contributed by atoms with Crippen LogP contribution in [0.4, 0.5) is 11.5 Å². The molecule has 0 atom stereocenters. The maximum Gasteiger partial charge on any atom is 0.278 e. The Morgan fingerprint density at radius 1 is 1.36 bits per heavy atom. The SMILES string of the molecule is CN(C)/C=N/c1c(C(=O)Nc2ccccc2)nc2n1CCC2. The van der Waals surface area contributed by atoms with Gasteiger partial charge in [0.1, 0.15) is 5.82 Å². The lowest BCUT2D eigenvalue weighted by Crippen LogP contribution is -2.13. The van der Waals surface area contributed by atoms with Crippen molar-refractivity contribution in [3.63, 3.8) is 0 Å². The molecule has 0 unspecified atom stereocenters. The Kier molecular flexibility index (Phi) is 3.91. The van der Waals surface area contributed by atoms with Crippen LogP contribution in [0.2, 0.25) is 0 Å². The summed E-state index contributed by atoms with van der Waals surface area (Å²) in [4.78, 5) is 23.3. The third-order valence-corrected chi connectivity index (χ3v) is 3.46. The predicted molar refractivity (Wildman–Crippen MR) is 86.8 cm³/mol. The molecule has 22 heavy (non-hydrogen) atoms. The fourth-order valence-corrected chi connectivity index (χ4v) is 2.48. The van der Waals surface area contributed by atoms with E-state index >= 15 is 0 Å². The number of benzene rings is 1. The van der Waals surface area contributed by atoms with E-state index in [4.69, 9.17) is 0 Å². The van der Waals surface area contributed by atoms with Crippen molar-refractivity contribution in [1.29, 1.82) is 0 Å². The van der Waals surface area contributed by atoms with Gasteiger partial charge >= 0.3 is 0 Å². The Morgan fingerprint density at radius 2 is 2.14 bits per heavy atom. The normalized spacial score (nSPS) is 13.4. The molecule has 1 N–H and O–H groups in total. The molecule has 1 aliphatic heterocycles. The number of hydrogen-bond donors (Lipinski definition) is 1. The number of para-hydroxylation sites is 1. The summed E-state index contributed by atoms with van der Waals surface area (Å²) in [5.41, 5.74) is 1.14. The number of aryl methyl sites for hydroxylation is 1. The molecule has 1 aromatic heterocycles. The molecule has 0 saturated heterocycles. The Morgan fingerprint density at radius 3 is 2.86 bits per heavy atom. The number of carbonyl (C=O) groups excluding carboxylic acids is 1. The second-order valence-corrected chi connectivity index (χ2v) is 5.48. The van der Waals surface area contributed by atoms with Crippen molar-refractivity contribution in [2.24, 2.45) is 4.99 Å². The van der Waals surface area contributed by atoms with Gasteiger partial charge in [0.25, 0.3) is 5.91 Å². The number of nitrogens with zero attached hydrogens (tertiary/aromatic N) is 4. The first kappa shape index (κ1) is 14.3. The van der Waals surface area contributed by atoms with E-state index in [1.54, 1.807) is 6.34 Å². The minimum absolute atomic E-state index is 0.223. The van der Waals surface area contributed by atoms with Gasteiger partial charge < -0.3 is 14.8 Å². The van der Waals surface area contributed by atoms with E-state index in [0.29, 0.717) is 11.5 Å². The summed E-state index contributed by atoms with van der Waals surface area (Å²) in [6, 6.07) is 9.38. The lowest BCUT2D eigenvalue weighted by atomic mass is 10.3. The maximum absolute atomic E-state index is 12.5. The summed E-state index contributed by atoms with van der Waals surface area (Å²) in [5, 5.41) is 2.87. The van der Waals surface area contributed by atoms with Crippen molar-refractivity contribution in [3.05, 3.63) is 41.9 Å². The topological polar surface area (TPSA) is 62.5 Å². The summed E-state index contributed by atoms with van der Waals surface area (Å²) < 4.78 is 2.03. The number of rotatable bonds is 4. The first-order valence-corrected chi connectivity index (χ1v) is 7.31. The van der Waals surface area contributed by atoms with Crippen LogP contribution in [-0.2, 0) is 13.0 Å². The highest BCUT2D eigenvalue weighted by molar-refractivity contribution is 6.06. The molecule has 2 heterocycles. The van der Waals surface area contributed by atoms with Gasteiger partial charge in [0.2, 0.25) is 0 Å². The van der Waals surface area contributed by atoms with Gasteiger partial charge in [0, 0.05) is 32.7 Å². The van der Waals surface area contributed by atoms with Crippen LogP contribution in [0.5, 0.6) is 0 Å². The van der Waals surface area contributed by atoms with Crippen LogP contribution in [0.15, 0.2) is 35.3 Å². The molecule has 0 radical (unpaired) electrons. The molecular formula is C16H19N5O. The van der Waals surface area contributed by atoms with Gasteiger partial charge in [-0.2, -0.15) is 0 Å². The molecule has 6 heteroatoms. The third kappa shape index (κ3) is 2.86. The molecule has 0 spiro atoms. The number of nitrogens with one attached hydrogen (secondary N) is 1. The van der Waals surface area contributed by atoms with Crippen molar-refractivity contribution in [1.82, 2.24) is 14.5 Å². The highest BCUT2D eigenvalue weighted by atomic mass is 16.1. The standard InChI is InChI=1S/C16H19N5O/c1-20(2)11-17-15-14(19-13-9-6-10-21(13)15)16(22)18-12-7-4-3-5-8-12/h3-5,7-8,11H,6,9-10H2,1-2H3,(H,18,22)/b17-11+. The second-order valence-electron chi connectivity index (χ2n) is 5.48. The van der Waals surface area contributed by atoms with Crippen LogP contribution in [-0.4, -0.2) is 40.8 Å². The fraction of sp³-hybridized carbons (Fsp3) is 0.312. The largest absolute Gasteiger partial charge is 0.369 e. The number of fused-ring (bicyclic) bond motifs is 1. The molecule has 0 saturated carbocycles. The number of hydrogen-bond acceptors (Lipinski definition) is 3. The zero-order valence-corrected chi connectivity index (χ0v) is 12.8. The van der Waals surface area contributed by atoms with E-state index in [9.17, 15) is 4.79 Å². The van der Waals surface area contributed by atoms with Crippen LogP contribution >= 0.6 is 0 Å². The number of aliphatic imine (C=N–C) groups is 1. The van der Waals surface area contributed by atoms with Gasteiger partial charge in [-0.25, -0.2) is 9.98 Å². The highest BCUT2D eigenvalue weighted by Gasteiger charge is 2.25. The monoisotopic (exact) mass is 297 g/mol. The molecule has 0 bridgehead atoms. The molecule has 2 aromatic rings. The lowest BCUT2D eigenvalue weighted by molar-refractivity contribution is 0.102. The zero-order valence-electron chi connectivity index (χ0n) is 12.8. The Labute approximate surface area is 129 Å². The molecule has 6 nitrogen and oxygen atoms in total. The summed E-state index contributed by atoms with van der Waals surface area (Å²) in [6.45, 7) is 0.862. The second kappa shape index (κ2) is 6.01. The lowest BCUT2D eigenvalue weighted by Gasteiger charge is -2.07. The molecule has 1 amide bonds. The molecule has 1 aromatic carbocycles. The van der Waals surface area contributed by atoms with E-state index in [-0.39, 0.29) is 5.91 Å². The van der Waals surface area contributed by atoms with Gasteiger partial charge in [-0.15, -0.1) is 0 Å². The Hall–Kier alpha value is -2.63. The zero-order chi connectivity index (χ0) is 15.5. The van der Waals surface area contributed by atoms with E-state index < -0.39 is 0 Å². The molecule has 114 valence electrons. The van der Waals surface area contributed by atoms with Gasteiger partial charge in [-0.1, -0.05) is 18.2 Å². The number of amides is 1. The summed E-state index contributed by atoms with van der Waals surface area (Å²) >= 11 is 0. The number of anilines is 1. The van der Waals surface area contributed by atoms with Crippen LogP contribution in [0.3, 0.4) is 0 Å². The molecular weight excluding hydrogens is 278 g/mol. The van der Waals surface area contributed by atoms with Crippen molar-refractivity contribution < 1.29 is 4.79 Å². The van der Waals surface area contributed by atoms with Crippen LogP contribution in [0.25, 0.3) is 0 Å². The molecule has 1 aliphatic rings. The first-order valence-electron chi connectivity index (χ1n) is 7.31. The summed E-state index contributed by atoms with van der Waals surface area (Å²) in [7, 11) is 3.79. The minimum Gasteiger partial charge on any atom is -0.369 e. The smallest absolute Gasteiger partial charge is 0.278 e.